The third-order valence-corrected chi connectivity index (χ3v) is 9.85. The van der Waals surface area contributed by atoms with Crippen molar-refractivity contribution in [2.45, 2.75) is 41.9 Å². The zero-order chi connectivity index (χ0) is 25.1. The molecule has 0 spiro atoms. The second kappa shape index (κ2) is 11.7. The van der Waals surface area contributed by atoms with Gasteiger partial charge in [-0.25, -0.2) is 4.98 Å². The predicted molar refractivity (Wildman–Crippen MR) is 160 cm³/mol. The van der Waals surface area contributed by atoms with Crippen LogP contribution >= 0.6 is 52.0 Å². The lowest BCUT2D eigenvalue weighted by Crippen LogP contribution is -2.23. The van der Waals surface area contributed by atoms with E-state index in [9.17, 15) is 0 Å². The number of hydrogen-bond donors (Lipinski definition) is 0. The van der Waals surface area contributed by atoms with Crippen molar-refractivity contribution in [3.05, 3.63) is 71.8 Å². The lowest BCUT2D eigenvalue weighted by Gasteiger charge is -2.26. The van der Waals surface area contributed by atoms with Gasteiger partial charge in [-0.15, -0.1) is 23.5 Å². The fraction of sp³-hybridized carbons (Fsp3) is 0.370. The largest absolute Gasteiger partial charge is 0.488 e. The molecule has 2 fully saturated rings. The molecule has 5 rings (SSSR count). The third kappa shape index (κ3) is 5.92. The van der Waals surface area contributed by atoms with E-state index >= 15 is 0 Å². The van der Waals surface area contributed by atoms with E-state index in [1.54, 1.807) is 11.8 Å². The van der Waals surface area contributed by atoms with Gasteiger partial charge in [0.25, 0.3) is 0 Å². The summed E-state index contributed by atoms with van der Waals surface area (Å²) in [5.74, 6) is 8.69. The van der Waals surface area contributed by atoms with Crippen molar-refractivity contribution in [2.24, 2.45) is 0 Å². The van der Waals surface area contributed by atoms with Gasteiger partial charge in [0.05, 0.1) is 24.9 Å². The predicted octanol–water partition coefficient (Wildman–Crippen LogP) is 7.19. The molecule has 5 nitrogen and oxygen atoms in total. The number of halogens is 1. The first-order valence-corrected chi connectivity index (χ1v) is 17.9. The maximum absolute atomic E-state index is 6.10. The molecule has 188 valence electrons. The van der Waals surface area contributed by atoms with Crippen LogP contribution in [-0.4, -0.2) is 40.4 Å². The van der Waals surface area contributed by atoms with Gasteiger partial charge in [0.1, 0.15) is 17.2 Å². The molecule has 0 radical (unpaired) electrons. The number of nitrogens with zero attached hydrogens (tertiary/aromatic N) is 2. The Balaban J connectivity index is 1.23. The van der Waals surface area contributed by atoms with E-state index in [1.807, 2.05) is 24.2 Å². The van der Waals surface area contributed by atoms with Crippen LogP contribution in [0.25, 0.3) is 11.1 Å². The number of aryl methyl sites for hydroxylation is 1. The Labute approximate surface area is 236 Å². The molecule has 1 aromatic heterocycles. The van der Waals surface area contributed by atoms with Crippen LogP contribution in [0.5, 0.6) is 5.75 Å². The SMILES string of the molecule is CSC(C)(OPI)c1nccn1C1SC1C#Cc1ccc(-c2ccc(OC3CCOC3)c(C)c2)cc1. The Hall–Kier alpha value is -1.21. The van der Waals surface area contributed by atoms with Crippen LogP contribution in [0, 0.1) is 18.8 Å². The number of aromatic nitrogens is 2. The quantitative estimate of drug-likeness (QED) is 0.0847. The van der Waals surface area contributed by atoms with Crippen molar-refractivity contribution in [2.75, 3.05) is 19.5 Å². The maximum atomic E-state index is 6.10. The first kappa shape index (κ1) is 26.4. The minimum Gasteiger partial charge on any atom is -0.488 e. The lowest BCUT2D eigenvalue weighted by molar-refractivity contribution is 0.141. The molecule has 3 aromatic rings. The third-order valence-electron chi connectivity index (χ3n) is 6.37. The highest BCUT2D eigenvalue weighted by atomic mass is 127. The van der Waals surface area contributed by atoms with E-state index in [0.717, 1.165) is 35.7 Å². The average Bonchev–Trinajstić information content (AvgIpc) is 3.23. The summed E-state index contributed by atoms with van der Waals surface area (Å²) >= 11 is 5.79. The lowest BCUT2D eigenvalue weighted by atomic mass is 10.0. The minimum atomic E-state index is -0.451. The topological polar surface area (TPSA) is 45.5 Å². The van der Waals surface area contributed by atoms with Crippen LogP contribution in [0.2, 0.25) is 0 Å². The molecule has 2 aliphatic heterocycles. The number of benzene rings is 2. The van der Waals surface area contributed by atoms with E-state index < -0.39 is 4.93 Å². The second-order valence-corrected chi connectivity index (χ2v) is 13.0. The summed E-state index contributed by atoms with van der Waals surface area (Å²) in [6.45, 7) is 6.03. The summed E-state index contributed by atoms with van der Waals surface area (Å²) < 4.78 is 19.8. The normalized spacial score (nSPS) is 22.8. The van der Waals surface area contributed by atoms with E-state index in [1.165, 1.54) is 11.1 Å². The standard InChI is InChI=1S/C27H28IN2O3PS2/c1-18-16-21(9-10-23(18)32-22-12-15-31-17-22)20-7-4-19(5-8-20)6-11-24-25(36-24)30-14-13-29-26(30)27(2,35-3)33-34-28/h4-5,7-10,13-14,16,22,24-25,34H,12,15,17H2,1-3H3. The van der Waals surface area contributed by atoms with Gasteiger partial charge < -0.3 is 18.6 Å². The van der Waals surface area contributed by atoms with Gasteiger partial charge in [0, 0.05) is 24.4 Å². The molecule has 0 N–H and O–H groups in total. The summed E-state index contributed by atoms with van der Waals surface area (Å²) in [7, 11) is 0. The van der Waals surface area contributed by atoms with Crippen LogP contribution in [0.3, 0.4) is 0 Å². The highest BCUT2D eigenvalue weighted by molar-refractivity contribution is 14.2. The summed E-state index contributed by atoms with van der Waals surface area (Å²) in [5.41, 5.74) is 4.52. The summed E-state index contributed by atoms with van der Waals surface area (Å²) in [5, 5.41) is 0.535. The maximum Gasteiger partial charge on any atom is 0.173 e. The Morgan fingerprint density at radius 2 is 2.06 bits per heavy atom. The van der Waals surface area contributed by atoms with Gasteiger partial charge in [-0.1, -0.05) is 30.0 Å². The number of thioether (sulfide) groups is 2. The fourth-order valence-electron chi connectivity index (χ4n) is 4.19. The van der Waals surface area contributed by atoms with Crippen molar-refractivity contribution in [1.29, 1.82) is 0 Å². The monoisotopic (exact) mass is 650 g/mol. The van der Waals surface area contributed by atoms with Crippen molar-refractivity contribution in [3.8, 4) is 28.7 Å². The van der Waals surface area contributed by atoms with E-state index in [0.29, 0.717) is 13.1 Å². The Bertz CT molecular complexity index is 1270. The highest BCUT2D eigenvalue weighted by Gasteiger charge is 2.43. The molecule has 5 atom stereocenters. The van der Waals surface area contributed by atoms with Gasteiger partial charge >= 0.3 is 0 Å². The molecule has 0 saturated carbocycles. The zero-order valence-corrected chi connectivity index (χ0v) is 25.2. The van der Waals surface area contributed by atoms with Crippen molar-refractivity contribution in [1.82, 2.24) is 9.55 Å². The molecule has 2 saturated heterocycles. The van der Waals surface area contributed by atoms with E-state index in [4.69, 9.17) is 14.0 Å². The Morgan fingerprint density at radius 1 is 1.25 bits per heavy atom. The fourth-order valence-corrected chi connectivity index (χ4v) is 7.84. The first-order chi connectivity index (χ1) is 17.5. The Kier molecular flexibility index (Phi) is 8.56. The molecule has 3 heterocycles. The number of rotatable bonds is 8. The molecule has 36 heavy (non-hydrogen) atoms. The number of imidazole rings is 1. The molecule has 2 aromatic carbocycles. The zero-order valence-electron chi connectivity index (χ0n) is 20.4. The van der Waals surface area contributed by atoms with Crippen molar-refractivity contribution in [3.63, 3.8) is 0 Å². The summed E-state index contributed by atoms with van der Waals surface area (Å²) in [6, 6.07) is 14.9. The van der Waals surface area contributed by atoms with Gasteiger partial charge in [-0.3, -0.25) is 0 Å². The molecule has 0 bridgehead atoms. The molecule has 9 heteroatoms. The van der Waals surface area contributed by atoms with Gasteiger partial charge in [-0.05, 0) is 83.1 Å². The molecule has 0 aliphatic carbocycles. The van der Waals surface area contributed by atoms with Crippen molar-refractivity contribution < 1.29 is 14.0 Å². The second-order valence-electron chi connectivity index (χ2n) is 8.86. The Morgan fingerprint density at radius 3 is 2.75 bits per heavy atom. The number of hydrogen-bond acceptors (Lipinski definition) is 6. The van der Waals surface area contributed by atoms with Crippen LogP contribution < -0.4 is 4.74 Å². The van der Waals surface area contributed by atoms with E-state index in [2.05, 4.69) is 106 Å². The first-order valence-electron chi connectivity index (χ1n) is 11.8. The average molecular weight is 651 g/mol. The van der Waals surface area contributed by atoms with E-state index in [-0.39, 0.29) is 16.7 Å². The van der Waals surface area contributed by atoms with Gasteiger partial charge in [0.2, 0.25) is 0 Å². The molecule has 2 aliphatic rings. The molecular weight excluding hydrogens is 622 g/mol. The molecular formula is C27H28IN2O3PS2. The summed E-state index contributed by atoms with van der Waals surface area (Å²) in [6.07, 6.45) is 7.08. The summed E-state index contributed by atoms with van der Waals surface area (Å²) in [4.78, 5) is 4.16. The van der Waals surface area contributed by atoms with Crippen LogP contribution in [-0.2, 0) is 14.2 Å². The minimum absolute atomic E-state index is 0.164. The molecule has 5 unspecified atom stereocenters. The number of ether oxygens (including phenoxy) is 2. The highest BCUT2D eigenvalue weighted by Crippen LogP contribution is 2.53. The smallest absolute Gasteiger partial charge is 0.173 e. The van der Waals surface area contributed by atoms with Gasteiger partial charge in [-0.2, -0.15) is 0 Å². The van der Waals surface area contributed by atoms with Crippen LogP contribution in [0.15, 0.2) is 54.9 Å². The van der Waals surface area contributed by atoms with Crippen LogP contribution in [0.1, 0.15) is 35.7 Å². The van der Waals surface area contributed by atoms with Crippen molar-refractivity contribution >= 4 is 52.0 Å². The molecule has 0 amide bonds. The van der Waals surface area contributed by atoms with Crippen LogP contribution in [0.4, 0.5) is 0 Å². The van der Waals surface area contributed by atoms with Gasteiger partial charge in [0.15, 0.2) is 10.8 Å².